The van der Waals surface area contributed by atoms with Gasteiger partial charge in [0.2, 0.25) is 0 Å². The Hall–Kier alpha value is -1.34. The Morgan fingerprint density at radius 2 is 2.04 bits per heavy atom. The Balaban J connectivity index is 1.90. The van der Waals surface area contributed by atoms with Gasteiger partial charge in [-0.2, -0.15) is 5.26 Å². The van der Waals surface area contributed by atoms with Gasteiger partial charge in [-0.1, -0.05) is 26.0 Å². The molecule has 0 aromatic heterocycles. The molecule has 7 atom stereocenters. The summed E-state index contributed by atoms with van der Waals surface area (Å²) >= 11 is 0. The highest BCUT2D eigenvalue weighted by atomic mass is 16.5. The molecule has 0 spiro atoms. The van der Waals surface area contributed by atoms with Crippen LogP contribution in [0.5, 0.6) is 0 Å². The van der Waals surface area contributed by atoms with E-state index in [-0.39, 0.29) is 28.8 Å². The number of esters is 1. The van der Waals surface area contributed by atoms with Gasteiger partial charge in [-0.05, 0) is 73.5 Å². The fraction of sp³-hybridized carbons (Fsp3) is 0.826. The number of hydrogen-bond donors (Lipinski definition) is 1. The second-order valence-electron chi connectivity index (χ2n) is 9.77. The molecule has 3 rings (SSSR count). The summed E-state index contributed by atoms with van der Waals surface area (Å²) in [5.41, 5.74) is 1.55. The molecule has 27 heavy (non-hydrogen) atoms. The van der Waals surface area contributed by atoms with Crippen LogP contribution in [0, 0.1) is 45.8 Å². The summed E-state index contributed by atoms with van der Waals surface area (Å²) in [5.74, 6) is 1.24. The van der Waals surface area contributed by atoms with Crippen LogP contribution in [0.15, 0.2) is 12.2 Å². The average Bonchev–Trinajstić information content (AvgIpc) is 2.92. The number of fused-ring (bicyclic) bond motifs is 1. The summed E-state index contributed by atoms with van der Waals surface area (Å²) in [6.07, 6.45) is 7.18. The normalized spacial score (nSPS) is 44.4. The summed E-state index contributed by atoms with van der Waals surface area (Å²) in [5, 5.41) is 19.9. The van der Waals surface area contributed by atoms with Crippen molar-refractivity contribution in [1.29, 1.82) is 5.26 Å². The minimum atomic E-state index is -0.312. The van der Waals surface area contributed by atoms with E-state index in [1.54, 1.807) is 0 Å². The zero-order valence-corrected chi connectivity index (χ0v) is 17.2. The third kappa shape index (κ3) is 3.56. The molecule has 0 aromatic rings. The van der Waals surface area contributed by atoms with Crippen LogP contribution in [0.3, 0.4) is 0 Å². The van der Waals surface area contributed by atoms with Gasteiger partial charge in [-0.15, -0.1) is 0 Å². The number of hydrogen-bond acceptors (Lipinski definition) is 4. The van der Waals surface area contributed by atoms with E-state index in [1.165, 1.54) is 12.5 Å². The van der Waals surface area contributed by atoms with Crippen LogP contribution in [0.2, 0.25) is 0 Å². The topological polar surface area (TPSA) is 70.3 Å². The maximum absolute atomic E-state index is 11.4. The summed E-state index contributed by atoms with van der Waals surface area (Å²) in [7, 11) is 0. The molecule has 0 unspecified atom stereocenters. The largest absolute Gasteiger partial charge is 0.466 e. The molecule has 1 N–H and O–H groups in total. The third-order valence-electron chi connectivity index (χ3n) is 8.56. The molecular formula is C23H35NO3. The number of aliphatic hydroxyl groups excluding tert-OH is 1. The van der Waals surface area contributed by atoms with E-state index >= 15 is 0 Å². The van der Waals surface area contributed by atoms with Crippen molar-refractivity contribution in [2.75, 3.05) is 6.61 Å². The van der Waals surface area contributed by atoms with Crippen molar-refractivity contribution in [3.05, 3.63) is 12.2 Å². The van der Waals surface area contributed by atoms with E-state index in [1.807, 2.05) is 0 Å². The molecule has 3 fully saturated rings. The van der Waals surface area contributed by atoms with Crippen LogP contribution in [0.1, 0.15) is 72.1 Å². The minimum absolute atomic E-state index is 0.00144. The maximum atomic E-state index is 11.4. The molecule has 4 heteroatoms. The Bertz CT molecular complexity index is 638. The lowest BCUT2D eigenvalue weighted by Crippen LogP contribution is -2.51. The lowest BCUT2D eigenvalue weighted by atomic mass is 9.49. The highest BCUT2D eigenvalue weighted by molar-refractivity contribution is 5.65. The van der Waals surface area contributed by atoms with Crippen LogP contribution in [0.25, 0.3) is 0 Å². The van der Waals surface area contributed by atoms with Crippen LogP contribution >= 0.6 is 0 Å². The Morgan fingerprint density at radius 1 is 1.30 bits per heavy atom. The number of nitrogens with zero attached hydrogens (tertiary/aromatic N) is 1. The van der Waals surface area contributed by atoms with E-state index in [4.69, 9.17) is 4.74 Å². The first kappa shape index (κ1) is 20.4. The predicted molar refractivity (Wildman–Crippen MR) is 105 cm³/mol. The van der Waals surface area contributed by atoms with Crippen molar-refractivity contribution in [1.82, 2.24) is 0 Å². The van der Waals surface area contributed by atoms with E-state index in [2.05, 4.69) is 26.5 Å². The second-order valence-corrected chi connectivity index (χ2v) is 9.77. The number of rotatable bonds is 4. The van der Waals surface area contributed by atoms with E-state index in [0.717, 1.165) is 38.5 Å². The first-order valence-corrected chi connectivity index (χ1v) is 10.6. The Kier molecular flexibility index (Phi) is 5.73. The van der Waals surface area contributed by atoms with Gasteiger partial charge in [0.1, 0.15) is 0 Å². The highest BCUT2D eigenvalue weighted by Gasteiger charge is 2.56. The molecule has 0 aliphatic heterocycles. The van der Waals surface area contributed by atoms with Gasteiger partial charge in [-0.3, -0.25) is 4.79 Å². The van der Waals surface area contributed by atoms with Crippen LogP contribution in [0.4, 0.5) is 0 Å². The predicted octanol–water partition coefficient (Wildman–Crippen LogP) is 4.63. The molecule has 0 heterocycles. The molecule has 150 valence electrons. The molecule has 3 saturated carbocycles. The summed E-state index contributed by atoms with van der Waals surface area (Å²) < 4.78 is 5.41. The first-order valence-electron chi connectivity index (χ1n) is 10.6. The van der Waals surface area contributed by atoms with Crippen molar-refractivity contribution in [3.8, 4) is 6.07 Å². The third-order valence-corrected chi connectivity index (χ3v) is 8.56. The van der Waals surface area contributed by atoms with Gasteiger partial charge in [0.15, 0.2) is 0 Å². The molecular weight excluding hydrogens is 338 g/mol. The number of ether oxygens (including phenoxy) is 1. The minimum Gasteiger partial charge on any atom is -0.466 e. The van der Waals surface area contributed by atoms with Crippen LogP contribution in [-0.2, 0) is 9.53 Å². The zero-order chi connectivity index (χ0) is 19.8. The maximum Gasteiger partial charge on any atom is 0.302 e. The summed E-state index contributed by atoms with van der Waals surface area (Å²) in [6.45, 7) is 10.9. The number of nitriles is 1. The van der Waals surface area contributed by atoms with Gasteiger partial charge < -0.3 is 9.84 Å². The second kappa shape index (κ2) is 7.59. The van der Waals surface area contributed by atoms with Gasteiger partial charge in [0, 0.05) is 19.3 Å². The van der Waals surface area contributed by atoms with Crippen LogP contribution in [-0.4, -0.2) is 23.8 Å². The SMILES string of the molecule is C=C1CC[C@H]2[C@H](CC#N)[C@@H]([C@@]3(C)CC[C@H](O)C[C@@H]3COC(C)=O)CC[C@]12C. The van der Waals surface area contributed by atoms with Gasteiger partial charge in [-0.25, -0.2) is 0 Å². The molecule has 0 saturated heterocycles. The standard InChI is InChI=1S/C23H35NO3/c1-15-5-6-20-19(9-12-24)21(8-11-22(15,20)3)23(4)10-7-18(26)13-17(23)14-27-16(2)25/h17-21,26H,1,5-11,13-14H2,2-4H3/t17-,18+,19+,20+,21+,22-,23+/m1/s1. The van der Waals surface area contributed by atoms with Crippen molar-refractivity contribution in [2.24, 2.45) is 34.5 Å². The molecule has 0 radical (unpaired) electrons. The fourth-order valence-electron chi connectivity index (χ4n) is 6.77. The number of aliphatic hydroxyl groups is 1. The quantitative estimate of drug-likeness (QED) is 0.576. The van der Waals surface area contributed by atoms with Gasteiger partial charge in [0.05, 0.1) is 18.8 Å². The Morgan fingerprint density at radius 3 is 2.70 bits per heavy atom. The summed E-state index contributed by atoms with van der Waals surface area (Å²) in [6, 6.07) is 2.48. The molecule has 4 nitrogen and oxygen atoms in total. The van der Waals surface area contributed by atoms with Gasteiger partial charge in [0.25, 0.3) is 0 Å². The van der Waals surface area contributed by atoms with E-state index in [0.29, 0.717) is 37.2 Å². The molecule has 0 aromatic carbocycles. The number of allylic oxidation sites excluding steroid dienone is 1. The highest BCUT2D eigenvalue weighted by Crippen LogP contribution is 2.64. The fourth-order valence-corrected chi connectivity index (χ4v) is 6.77. The van der Waals surface area contributed by atoms with Crippen molar-refractivity contribution < 1.29 is 14.6 Å². The Labute approximate surface area is 164 Å². The van der Waals surface area contributed by atoms with E-state index < -0.39 is 0 Å². The van der Waals surface area contributed by atoms with E-state index in [9.17, 15) is 15.2 Å². The van der Waals surface area contributed by atoms with Crippen molar-refractivity contribution in [3.63, 3.8) is 0 Å². The number of carbonyl (C=O) groups excluding carboxylic acids is 1. The smallest absolute Gasteiger partial charge is 0.302 e. The van der Waals surface area contributed by atoms with Crippen molar-refractivity contribution >= 4 is 5.97 Å². The average molecular weight is 374 g/mol. The lowest BCUT2D eigenvalue weighted by molar-refractivity contribution is -0.149. The summed E-state index contributed by atoms with van der Waals surface area (Å²) in [4.78, 5) is 11.4. The van der Waals surface area contributed by atoms with Crippen LogP contribution < -0.4 is 0 Å². The zero-order valence-electron chi connectivity index (χ0n) is 17.2. The number of carbonyl (C=O) groups is 1. The molecule has 0 bridgehead atoms. The molecule has 0 amide bonds. The van der Waals surface area contributed by atoms with Gasteiger partial charge >= 0.3 is 5.97 Å². The van der Waals surface area contributed by atoms with Crippen molar-refractivity contribution in [2.45, 2.75) is 78.2 Å². The molecule has 3 aliphatic carbocycles. The lowest BCUT2D eigenvalue weighted by Gasteiger charge is -2.56. The molecule has 3 aliphatic rings. The monoisotopic (exact) mass is 373 g/mol. The first-order chi connectivity index (χ1) is 12.7.